The number of pyridine rings is 2. The number of nitrogens with two attached hydrogens (primary N) is 1. The molecular formula is C23H30F3N5O4. The first-order valence-corrected chi connectivity index (χ1v) is 11.4. The molecule has 0 aliphatic heterocycles. The van der Waals surface area contributed by atoms with Crippen molar-refractivity contribution in [2.24, 2.45) is 5.41 Å². The van der Waals surface area contributed by atoms with Crippen molar-refractivity contribution in [3.63, 3.8) is 0 Å². The number of ether oxygens (including phenoxy) is 2. The van der Waals surface area contributed by atoms with Gasteiger partial charge in [0.15, 0.2) is 0 Å². The second kappa shape index (κ2) is 10.6. The molecule has 0 radical (unpaired) electrons. The predicted octanol–water partition coefficient (Wildman–Crippen LogP) is 5.08. The number of nitrogen functional groups attached to an aromatic ring is 1. The van der Waals surface area contributed by atoms with E-state index in [2.05, 4.69) is 9.97 Å². The van der Waals surface area contributed by atoms with Crippen LogP contribution in [0.15, 0.2) is 18.3 Å². The number of alkyl halides is 3. The molecule has 1 saturated carbocycles. The van der Waals surface area contributed by atoms with Crippen molar-refractivity contribution in [3.05, 3.63) is 34.0 Å². The zero-order valence-electron chi connectivity index (χ0n) is 20.0. The van der Waals surface area contributed by atoms with E-state index >= 15 is 0 Å². The minimum Gasteiger partial charge on any atom is -0.478 e. The van der Waals surface area contributed by atoms with Gasteiger partial charge in [-0.25, -0.2) is 9.97 Å². The van der Waals surface area contributed by atoms with Crippen LogP contribution in [0.4, 0.5) is 30.4 Å². The zero-order chi connectivity index (χ0) is 25.8. The molecule has 2 N–H and O–H groups in total. The van der Waals surface area contributed by atoms with Gasteiger partial charge in [0.2, 0.25) is 11.7 Å². The van der Waals surface area contributed by atoms with E-state index in [1.54, 1.807) is 26.0 Å². The molecule has 2 heterocycles. The highest BCUT2D eigenvalue weighted by atomic mass is 19.4. The number of hydrogen-bond donors (Lipinski definition) is 1. The molecule has 0 amide bonds. The molecule has 9 nitrogen and oxygen atoms in total. The number of halogens is 3. The summed E-state index contributed by atoms with van der Waals surface area (Å²) in [6.45, 7) is 2.52. The van der Waals surface area contributed by atoms with Crippen LogP contribution < -0.4 is 15.4 Å². The highest BCUT2D eigenvalue weighted by Gasteiger charge is 2.37. The quantitative estimate of drug-likeness (QED) is 0.376. The largest absolute Gasteiger partial charge is 0.478 e. The van der Waals surface area contributed by atoms with E-state index in [9.17, 15) is 23.3 Å². The fourth-order valence-corrected chi connectivity index (χ4v) is 4.76. The summed E-state index contributed by atoms with van der Waals surface area (Å²) in [4.78, 5) is 20.8. The Kier molecular flexibility index (Phi) is 8.04. The van der Waals surface area contributed by atoms with Crippen LogP contribution in [0.2, 0.25) is 0 Å². The Morgan fingerprint density at radius 2 is 1.94 bits per heavy atom. The monoisotopic (exact) mass is 497 g/mol. The van der Waals surface area contributed by atoms with Crippen LogP contribution >= 0.6 is 0 Å². The van der Waals surface area contributed by atoms with E-state index in [1.807, 2.05) is 0 Å². The van der Waals surface area contributed by atoms with Gasteiger partial charge in [-0.3, -0.25) is 10.1 Å². The molecule has 192 valence electrons. The van der Waals surface area contributed by atoms with Crippen LogP contribution in [0.25, 0.3) is 11.3 Å². The van der Waals surface area contributed by atoms with Gasteiger partial charge in [-0.15, -0.1) is 0 Å². The zero-order valence-corrected chi connectivity index (χ0v) is 20.0. The van der Waals surface area contributed by atoms with Gasteiger partial charge in [0, 0.05) is 37.9 Å². The standard InChI is InChI=1S/C23H30F3N5O4/c1-4-35-21-16(23(24,25)26)10-15(12-28-21)17-11-18(19(31(32)33)20(27)29-17)30(2)13-22(14-34-3)8-6-5-7-9-22/h10-12H,4-9,13-14H2,1-3H3,(H2,27,29). The van der Waals surface area contributed by atoms with E-state index in [1.165, 1.54) is 12.3 Å². The van der Waals surface area contributed by atoms with Gasteiger partial charge in [-0.1, -0.05) is 19.3 Å². The lowest BCUT2D eigenvalue weighted by Crippen LogP contribution is -2.41. The fraction of sp³-hybridized carbons (Fsp3) is 0.565. The normalized spacial score (nSPS) is 15.6. The second-order valence-electron chi connectivity index (χ2n) is 8.87. The smallest absolute Gasteiger partial charge is 0.421 e. The molecule has 2 aromatic rings. The van der Waals surface area contributed by atoms with Crippen molar-refractivity contribution in [1.29, 1.82) is 0 Å². The number of hydrogen-bond acceptors (Lipinski definition) is 8. The number of rotatable bonds is 9. The molecule has 1 aliphatic carbocycles. The molecule has 1 fully saturated rings. The highest BCUT2D eigenvalue weighted by molar-refractivity contribution is 5.79. The Bertz CT molecular complexity index is 1050. The summed E-state index contributed by atoms with van der Waals surface area (Å²) in [5.41, 5.74) is 4.52. The minimum atomic E-state index is -4.72. The summed E-state index contributed by atoms with van der Waals surface area (Å²) in [5.74, 6) is -0.934. The molecule has 0 atom stereocenters. The third kappa shape index (κ3) is 5.92. The number of methoxy groups -OCH3 is 1. The van der Waals surface area contributed by atoms with E-state index in [-0.39, 0.29) is 34.8 Å². The van der Waals surface area contributed by atoms with Crippen molar-refractivity contribution >= 4 is 17.2 Å². The van der Waals surface area contributed by atoms with E-state index < -0.39 is 28.2 Å². The summed E-state index contributed by atoms with van der Waals surface area (Å²) in [7, 11) is 3.33. The van der Waals surface area contributed by atoms with E-state index in [0.29, 0.717) is 13.2 Å². The summed E-state index contributed by atoms with van der Waals surface area (Å²) < 4.78 is 51.4. The van der Waals surface area contributed by atoms with E-state index in [4.69, 9.17) is 15.2 Å². The molecule has 0 bridgehead atoms. The van der Waals surface area contributed by atoms with Crippen LogP contribution in [0, 0.1) is 15.5 Å². The van der Waals surface area contributed by atoms with Gasteiger partial charge in [0.25, 0.3) is 0 Å². The third-order valence-corrected chi connectivity index (χ3v) is 6.26. The summed E-state index contributed by atoms with van der Waals surface area (Å²) in [6.07, 6.45) is 1.46. The SMILES string of the molecule is CCOc1ncc(-c2cc(N(C)CC3(COC)CCCCC3)c([N+](=O)[O-])c(N)n2)cc1C(F)(F)F. The van der Waals surface area contributed by atoms with Crippen LogP contribution in [-0.4, -0.2) is 48.8 Å². The van der Waals surface area contributed by atoms with Gasteiger partial charge in [0.1, 0.15) is 11.3 Å². The second-order valence-corrected chi connectivity index (χ2v) is 8.87. The van der Waals surface area contributed by atoms with Crippen LogP contribution in [0.5, 0.6) is 5.88 Å². The lowest BCUT2D eigenvalue weighted by molar-refractivity contribution is -0.383. The molecule has 2 aromatic heterocycles. The molecule has 1 aliphatic rings. The first-order valence-electron chi connectivity index (χ1n) is 11.4. The first kappa shape index (κ1) is 26.5. The Labute approximate surface area is 201 Å². The number of nitro groups is 1. The molecule has 0 aromatic carbocycles. The molecule has 0 saturated heterocycles. The lowest BCUT2D eigenvalue weighted by atomic mass is 9.74. The summed E-state index contributed by atoms with van der Waals surface area (Å²) in [5, 5.41) is 11.9. The molecule has 12 heteroatoms. The van der Waals surface area contributed by atoms with Gasteiger partial charge >= 0.3 is 11.9 Å². The van der Waals surface area contributed by atoms with Crippen molar-refractivity contribution in [3.8, 4) is 17.1 Å². The Balaban J connectivity index is 2.08. The number of anilines is 2. The van der Waals surface area contributed by atoms with Crippen molar-refractivity contribution < 1.29 is 27.6 Å². The van der Waals surface area contributed by atoms with Gasteiger partial charge < -0.3 is 20.1 Å². The fourth-order valence-electron chi connectivity index (χ4n) is 4.76. The molecule has 0 unspecified atom stereocenters. The third-order valence-electron chi connectivity index (χ3n) is 6.26. The average Bonchev–Trinajstić information content (AvgIpc) is 2.78. The van der Waals surface area contributed by atoms with Crippen molar-refractivity contribution in [1.82, 2.24) is 9.97 Å². The Morgan fingerprint density at radius 3 is 2.51 bits per heavy atom. The van der Waals surface area contributed by atoms with Gasteiger partial charge in [-0.2, -0.15) is 13.2 Å². The maximum absolute atomic E-state index is 13.6. The van der Waals surface area contributed by atoms with Crippen molar-refractivity contribution in [2.45, 2.75) is 45.2 Å². The van der Waals surface area contributed by atoms with Gasteiger partial charge in [0.05, 0.1) is 23.8 Å². The van der Waals surface area contributed by atoms with Crippen LogP contribution in [0.3, 0.4) is 0 Å². The Hall–Kier alpha value is -3.15. The summed E-state index contributed by atoms with van der Waals surface area (Å²) >= 11 is 0. The first-order chi connectivity index (χ1) is 16.5. The predicted molar refractivity (Wildman–Crippen MR) is 125 cm³/mol. The lowest BCUT2D eigenvalue weighted by Gasteiger charge is -2.40. The molecular weight excluding hydrogens is 467 g/mol. The van der Waals surface area contributed by atoms with Crippen molar-refractivity contribution in [2.75, 3.05) is 44.5 Å². The van der Waals surface area contributed by atoms with Crippen LogP contribution in [0.1, 0.15) is 44.6 Å². The summed E-state index contributed by atoms with van der Waals surface area (Å²) in [6, 6.07) is 2.25. The number of aromatic nitrogens is 2. The highest BCUT2D eigenvalue weighted by Crippen LogP contribution is 2.42. The maximum atomic E-state index is 13.6. The number of nitrogens with zero attached hydrogens (tertiary/aromatic N) is 4. The Morgan fingerprint density at radius 1 is 1.26 bits per heavy atom. The molecule has 3 rings (SSSR count). The van der Waals surface area contributed by atoms with E-state index in [0.717, 1.165) is 38.2 Å². The van der Waals surface area contributed by atoms with Crippen LogP contribution in [-0.2, 0) is 10.9 Å². The maximum Gasteiger partial charge on any atom is 0.421 e. The molecule has 35 heavy (non-hydrogen) atoms. The van der Waals surface area contributed by atoms with Gasteiger partial charge in [-0.05, 0) is 31.9 Å². The topological polar surface area (TPSA) is 117 Å². The average molecular weight is 498 g/mol. The minimum absolute atomic E-state index is 0.0102. The molecule has 0 spiro atoms.